The molecule has 1 aromatic carbocycles. The number of rotatable bonds is 7. The smallest absolute Gasteiger partial charge is 0.246 e. The zero-order valence-corrected chi connectivity index (χ0v) is 10.6. The highest BCUT2D eigenvalue weighted by Gasteiger charge is 2.09. The second-order valence-electron chi connectivity index (χ2n) is 3.89. The van der Waals surface area contributed by atoms with Gasteiger partial charge in [-0.3, -0.25) is 4.79 Å². The molecule has 0 fully saturated rings. The van der Waals surface area contributed by atoms with E-state index in [0.717, 1.165) is 5.56 Å². The molecular formula is C13H18FNO3. The fraction of sp³-hybridized carbons (Fsp3) is 0.462. The van der Waals surface area contributed by atoms with Crippen LogP contribution in [-0.4, -0.2) is 32.8 Å². The van der Waals surface area contributed by atoms with E-state index in [2.05, 4.69) is 5.32 Å². The summed E-state index contributed by atoms with van der Waals surface area (Å²) in [4.78, 5) is 11.5. The molecule has 100 valence electrons. The Morgan fingerprint density at radius 2 is 2.00 bits per heavy atom. The third-order valence-corrected chi connectivity index (χ3v) is 2.41. The summed E-state index contributed by atoms with van der Waals surface area (Å²) in [6, 6.07) is 5.85. The van der Waals surface area contributed by atoms with Crippen LogP contribution in [0.4, 0.5) is 4.39 Å². The molecule has 0 saturated carbocycles. The molecule has 1 rings (SSSR count). The Morgan fingerprint density at radius 1 is 1.33 bits per heavy atom. The SMILES string of the molecule is COCCOCC(=O)N[C@@H](C)c1ccc(F)cc1. The lowest BCUT2D eigenvalue weighted by Gasteiger charge is -2.14. The van der Waals surface area contributed by atoms with Gasteiger partial charge in [-0.05, 0) is 24.6 Å². The summed E-state index contributed by atoms with van der Waals surface area (Å²) in [6.45, 7) is 2.67. The Kier molecular flexibility index (Phi) is 6.32. The van der Waals surface area contributed by atoms with Crippen molar-refractivity contribution in [2.45, 2.75) is 13.0 Å². The van der Waals surface area contributed by atoms with Crippen LogP contribution in [0.5, 0.6) is 0 Å². The van der Waals surface area contributed by atoms with Crippen LogP contribution in [0.1, 0.15) is 18.5 Å². The van der Waals surface area contributed by atoms with Crippen molar-refractivity contribution in [3.05, 3.63) is 35.6 Å². The summed E-state index contributed by atoms with van der Waals surface area (Å²) in [5, 5.41) is 2.77. The third kappa shape index (κ3) is 5.25. The van der Waals surface area contributed by atoms with Gasteiger partial charge in [-0.15, -0.1) is 0 Å². The van der Waals surface area contributed by atoms with Crippen LogP contribution in [0.3, 0.4) is 0 Å². The minimum atomic E-state index is -0.292. The summed E-state index contributed by atoms with van der Waals surface area (Å²) in [7, 11) is 1.57. The van der Waals surface area contributed by atoms with Gasteiger partial charge in [0.05, 0.1) is 19.3 Å². The van der Waals surface area contributed by atoms with Gasteiger partial charge in [-0.2, -0.15) is 0 Å². The monoisotopic (exact) mass is 255 g/mol. The maximum atomic E-state index is 12.7. The molecule has 0 radical (unpaired) electrons. The first kappa shape index (κ1) is 14.6. The number of nitrogens with one attached hydrogen (secondary N) is 1. The molecule has 5 heteroatoms. The van der Waals surface area contributed by atoms with Crippen LogP contribution in [-0.2, 0) is 14.3 Å². The van der Waals surface area contributed by atoms with E-state index < -0.39 is 0 Å². The quantitative estimate of drug-likeness (QED) is 0.754. The van der Waals surface area contributed by atoms with Gasteiger partial charge in [0.15, 0.2) is 0 Å². The van der Waals surface area contributed by atoms with Crippen molar-refractivity contribution < 1.29 is 18.7 Å². The van der Waals surface area contributed by atoms with Crippen molar-refractivity contribution in [3.63, 3.8) is 0 Å². The van der Waals surface area contributed by atoms with Crippen LogP contribution in [0.2, 0.25) is 0 Å². The number of methoxy groups -OCH3 is 1. The summed E-state index contributed by atoms with van der Waals surface area (Å²) in [6.07, 6.45) is 0. The molecule has 0 saturated heterocycles. The topological polar surface area (TPSA) is 47.6 Å². The first-order valence-electron chi connectivity index (χ1n) is 5.75. The molecule has 0 bridgehead atoms. The van der Waals surface area contributed by atoms with Gasteiger partial charge < -0.3 is 14.8 Å². The molecule has 4 nitrogen and oxygen atoms in total. The molecule has 0 aliphatic rings. The van der Waals surface area contributed by atoms with Crippen molar-refractivity contribution in [2.24, 2.45) is 0 Å². The van der Waals surface area contributed by atoms with Gasteiger partial charge in [0, 0.05) is 7.11 Å². The summed E-state index contributed by atoms with van der Waals surface area (Å²) < 4.78 is 22.6. The van der Waals surface area contributed by atoms with E-state index in [1.165, 1.54) is 12.1 Å². The zero-order valence-electron chi connectivity index (χ0n) is 10.6. The third-order valence-electron chi connectivity index (χ3n) is 2.41. The van der Waals surface area contributed by atoms with E-state index in [-0.39, 0.29) is 24.4 Å². The Bertz CT molecular complexity index is 367. The van der Waals surface area contributed by atoms with E-state index in [4.69, 9.17) is 9.47 Å². The summed E-state index contributed by atoms with van der Waals surface area (Å²) >= 11 is 0. The number of amides is 1. The minimum absolute atomic E-state index is 0.00506. The first-order valence-corrected chi connectivity index (χ1v) is 5.75. The Morgan fingerprint density at radius 3 is 2.61 bits per heavy atom. The van der Waals surface area contributed by atoms with Gasteiger partial charge >= 0.3 is 0 Å². The predicted octanol–water partition coefficient (Wildman–Crippen LogP) is 1.67. The van der Waals surface area contributed by atoms with Crippen LogP contribution < -0.4 is 5.32 Å². The Labute approximate surface area is 106 Å². The highest BCUT2D eigenvalue weighted by atomic mass is 19.1. The van der Waals surface area contributed by atoms with Crippen molar-refractivity contribution in [1.29, 1.82) is 0 Å². The molecular weight excluding hydrogens is 237 g/mol. The molecule has 0 aromatic heterocycles. The molecule has 0 aliphatic carbocycles. The number of ether oxygens (including phenoxy) is 2. The van der Waals surface area contributed by atoms with E-state index in [1.54, 1.807) is 19.2 Å². The molecule has 1 amide bonds. The number of hydrogen-bond donors (Lipinski definition) is 1. The number of carbonyl (C=O) groups excluding carboxylic acids is 1. The fourth-order valence-electron chi connectivity index (χ4n) is 1.43. The summed E-state index contributed by atoms with van der Waals surface area (Å²) in [5.41, 5.74) is 0.849. The van der Waals surface area contributed by atoms with Gasteiger partial charge in [-0.25, -0.2) is 4.39 Å². The van der Waals surface area contributed by atoms with Crippen LogP contribution >= 0.6 is 0 Å². The van der Waals surface area contributed by atoms with E-state index in [1.807, 2.05) is 6.92 Å². The van der Waals surface area contributed by atoms with E-state index in [9.17, 15) is 9.18 Å². The second-order valence-corrected chi connectivity index (χ2v) is 3.89. The highest BCUT2D eigenvalue weighted by Crippen LogP contribution is 2.12. The van der Waals surface area contributed by atoms with E-state index >= 15 is 0 Å². The lowest BCUT2D eigenvalue weighted by molar-refractivity contribution is -0.126. The number of benzene rings is 1. The highest BCUT2D eigenvalue weighted by molar-refractivity contribution is 5.77. The molecule has 1 N–H and O–H groups in total. The zero-order chi connectivity index (χ0) is 13.4. The standard InChI is InChI=1S/C13H18FNO3/c1-10(11-3-5-12(14)6-4-11)15-13(16)9-18-8-7-17-2/h3-6,10H,7-9H2,1-2H3,(H,15,16)/t10-/m0/s1. The Hall–Kier alpha value is -1.46. The van der Waals surface area contributed by atoms with Gasteiger partial charge in [0.1, 0.15) is 12.4 Å². The predicted molar refractivity (Wildman–Crippen MR) is 65.7 cm³/mol. The van der Waals surface area contributed by atoms with Crippen LogP contribution in [0.25, 0.3) is 0 Å². The van der Waals surface area contributed by atoms with Crippen molar-refractivity contribution in [3.8, 4) is 0 Å². The average molecular weight is 255 g/mol. The van der Waals surface area contributed by atoms with Crippen LogP contribution in [0, 0.1) is 5.82 Å². The number of carbonyl (C=O) groups is 1. The van der Waals surface area contributed by atoms with E-state index in [0.29, 0.717) is 13.2 Å². The number of halogens is 1. The average Bonchev–Trinajstić information content (AvgIpc) is 2.35. The lowest BCUT2D eigenvalue weighted by Crippen LogP contribution is -2.30. The molecule has 0 heterocycles. The second kappa shape index (κ2) is 7.79. The summed E-state index contributed by atoms with van der Waals surface area (Å²) in [5.74, 6) is -0.497. The van der Waals surface area contributed by atoms with Gasteiger partial charge in [0.25, 0.3) is 0 Å². The molecule has 18 heavy (non-hydrogen) atoms. The normalized spacial score (nSPS) is 12.2. The maximum absolute atomic E-state index is 12.7. The maximum Gasteiger partial charge on any atom is 0.246 e. The fourth-order valence-corrected chi connectivity index (χ4v) is 1.43. The molecule has 1 atom stereocenters. The van der Waals surface area contributed by atoms with Gasteiger partial charge in [-0.1, -0.05) is 12.1 Å². The molecule has 0 unspecified atom stereocenters. The van der Waals surface area contributed by atoms with Crippen molar-refractivity contribution >= 4 is 5.91 Å². The van der Waals surface area contributed by atoms with Crippen molar-refractivity contribution in [1.82, 2.24) is 5.32 Å². The Balaban J connectivity index is 2.33. The molecule has 0 spiro atoms. The van der Waals surface area contributed by atoms with Crippen molar-refractivity contribution in [2.75, 3.05) is 26.9 Å². The van der Waals surface area contributed by atoms with Gasteiger partial charge in [0.2, 0.25) is 5.91 Å². The first-order chi connectivity index (χ1) is 8.63. The minimum Gasteiger partial charge on any atom is -0.382 e. The van der Waals surface area contributed by atoms with Crippen LogP contribution in [0.15, 0.2) is 24.3 Å². The molecule has 1 aromatic rings. The molecule has 0 aliphatic heterocycles. The lowest BCUT2D eigenvalue weighted by atomic mass is 10.1. The number of hydrogen-bond acceptors (Lipinski definition) is 3. The largest absolute Gasteiger partial charge is 0.382 e.